The Labute approximate surface area is 151 Å². The normalized spacial score (nSPS) is 16.0. The molecule has 146 valence electrons. The van der Waals surface area contributed by atoms with Gasteiger partial charge in [0.1, 0.15) is 12.0 Å². The molecular weight excluding hydrogens is 371 g/mol. The van der Waals surface area contributed by atoms with Gasteiger partial charge in [-0.05, 0) is 12.5 Å². The number of β-amino-alcohol motifs (C(OH)–C–C–N with tert-alkyl or cyclic N) is 1. The number of aliphatic hydroxyl groups is 1. The number of carbonyl (C=O) groups is 1. The van der Waals surface area contributed by atoms with Crippen molar-refractivity contribution >= 4 is 5.91 Å². The van der Waals surface area contributed by atoms with Crippen molar-refractivity contribution < 1.29 is 37.0 Å². The minimum atomic E-state index is -4.82. The quantitative estimate of drug-likeness (QED) is 0.811. The number of pyridine rings is 1. The van der Waals surface area contributed by atoms with Crippen LogP contribution in [0.3, 0.4) is 0 Å². The van der Waals surface area contributed by atoms with Crippen molar-refractivity contribution in [2.45, 2.75) is 31.9 Å². The van der Waals surface area contributed by atoms with Gasteiger partial charge in [0.15, 0.2) is 12.3 Å². The third kappa shape index (κ3) is 4.67. The standard InChI is InChI=1S/C16H16F3N3O5/c1-2-15(24)8-22(9-15)14(23)11-6-26-13(21-11)7-25-10-3-4-12(20-5-10)27-16(17,18)19/h3-6,24H,2,7-9H2,1H3. The van der Waals surface area contributed by atoms with Gasteiger partial charge in [0.25, 0.3) is 5.91 Å². The maximum atomic E-state index is 12.2. The molecule has 27 heavy (non-hydrogen) atoms. The second-order valence-corrected chi connectivity index (χ2v) is 6.03. The monoisotopic (exact) mass is 387 g/mol. The van der Waals surface area contributed by atoms with E-state index in [1.165, 1.54) is 17.2 Å². The molecule has 1 aliphatic rings. The number of halogens is 3. The average molecular weight is 387 g/mol. The Kier molecular flexibility index (Phi) is 4.96. The van der Waals surface area contributed by atoms with Crippen LogP contribution in [-0.4, -0.2) is 50.9 Å². The third-order valence-electron chi connectivity index (χ3n) is 3.98. The lowest BCUT2D eigenvalue weighted by molar-refractivity contribution is -0.276. The van der Waals surface area contributed by atoms with E-state index in [0.29, 0.717) is 6.42 Å². The number of carbonyl (C=O) groups excluding carboxylic acids is 1. The SMILES string of the molecule is CCC1(O)CN(C(=O)c2coc(COc3ccc(OC(F)(F)F)nc3)n2)C1. The molecule has 0 aliphatic carbocycles. The molecule has 8 nitrogen and oxygen atoms in total. The summed E-state index contributed by atoms with van der Waals surface area (Å²) in [6.45, 7) is 2.16. The van der Waals surface area contributed by atoms with Crippen LogP contribution in [0.1, 0.15) is 29.7 Å². The molecule has 1 saturated heterocycles. The van der Waals surface area contributed by atoms with E-state index in [9.17, 15) is 23.1 Å². The number of hydrogen-bond acceptors (Lipinski definition) is 7. The van der Waals surface area contributed by atoms with Gasteiger partial charge >= 0.3 is 6.36 Å². The zero-order chi connectivity index (χ0) is 19.7. The van der Waals surface area contributed by atoms with Crippen molar-refractivity contribution in [2.24, 2.45) is 0 Å². The first kappa shape index (κ1) is 19.0. The van der Waals surface area contributed by atoms with Gasteiger partial charge in [0.05, 0.1) is 24.9 Å². The third-order valence-corrected chi connectivity index (χ3v) is 3.98. The van der Waals surface area contributed by atoms with Gasteiger partial charge in [0, 0.05) is 6.07 Å². The number of ether oxygens (including phenoxy) is 2. The summed E-state index contributed by atoms with van der Waals surface area (Å²) < 4.78 is 50.3. The Bertz CT molecular complexity index is 800. The van der Waals surface area contributed by atoms with Gasteiger partial charge in [-0.2, -0.15) is 0 Å². The maximum absolute atomic E-state index is 12.2. The summed E-state index contributed by atoms with van der Waals surface area (Å²) in [6, 6.07) is 2.25. The number of oxazole rings is 1. The van der Waals surface area contributed by atoms with Crippen LogP contribution in [0.15, 0.2) is 29.0 Å². The van der Waals surface area contributed by atoms with Gasteiger partial charge < -0.3 is 23.9 Å². The molecule has 2 aromatic rings. The molecular formula is C16H16F3N3O5. The highest BCUT2D eigenvalue weighted by atomic mass is 19.4. The lowest BCUT2D eigenvalue weighted by Crippen LogP contribution is -2.63. The van der Waals surface area contributed by atoms with E-state index in [2.05, 4.69) is 14.7 Å². The van der Waals surface area contributed by atoms with Crippen LogP contribution in [0.5, 0.6) is 11.6 Å². The molecule has 3 heterocycles. The van der Waals surface area contributed by atoms with E-state index in [0.717, 1.165) is 12.3 Å². The van der Waals surface area contributed by atoms with Crippen LogP contribution in [0.4, 0.5) is 13.2 Å². The van der Waals surface area contributed by atoms with Gasteiger partial charge in [0.2, 0.25) is 11.8 Å². The number of likely N-dealkylation sites (tertiary alicyclic amines) is 1. The summed E-state index contributed by atoms with van der Waals surface area (Å²) in [5.74, 6) is -0.689. The molecule has 0 aromatic carbocycles. The summed E-state index contributed by atoms with van der Waals surface area (Å²) in [7, 11) is 0. The number of hydrogen-bond donors (Lipinski definition) is 1. The molecule has 0 radical (unpaired) electrons. The zero-order valence-electron chi connectivity index (χ0n) is 14.2. The molecule has 1 aliphatic heterocycles. The van der Waals surface area contributed by atoms with E-state index < -0.39 is 17.8 Å². The maximum Gasteiger partial charge on any atom is 0.574 e. The van der Waals surface area contributed by atoms with Crippen molar-refractivity contribution in [3.05, 3.63) is 36.2 Å². The fraction of sp³-hybridized carbons (Fsp3) is 0.438. The van der Waals surface area contributed by atoms with Crippen molar-refractivity contribution in [1.29, 1.82) is 0 Å². The van der Waals surface area contributed by atoms with E-state index in [1.54, 1.807) is 0 Å². The first-order valence-electron chi connectivity index (χ1n) is 7.98. The lowest BCUT2D eigenvalue weighted by atomic mass is 9.91. The Morgan fingerprint density at radius 2 is 2.15 bits per heavy atom. The molecule has 1 amide bonds. The summed E-state index contributed by atoms with van der Waals surface area (Å²) >= 11 is 0. The Morgan fingerprint density at radius 1 is 1.41 bits per heavy atom. The molecule has 1 fully saturated rings. The number of aromatic nitrogens is 2. The lowest BCUT2D eigenvalue weighted by Gasteiger charge is -2.45. The number of alkyl halides is 3. The molecule has 1 N–H and O–H groups in total. The summed E-state index contributed by atoms with van der Waals surface area (Å²) in [5.41, 5.74) is -0.765. The largest absolute Gasteiger partial charge is 0.574 e. The average Bonchev–Trinajstić information content (AvgIpc) is 3.05. The van der Waals surface area contributed by atoms with Crippen molar-refractivity contribution in [3.63, 3.8) is 0 Å². The second-order valence-electron chi connectivity index (χ2n) is 6.03. The predicted octanol–water partition coefficient (Wildman–Crippen LogP) is 2.14. The second kappa shape index (κ2) is 7.06. The zero-order valence-corrected chi connectivity index (χ0v) is 14.2. The Morgan fingerprint density at radius 3 is 2.74 bits per heavy atom. The van der Waals surface area contributed by atoms with Crippen molar-refractivity contribution in [3.8, 4) is 11.6 Å². The molecule has 11 heteroatoms. The predicted molar refractivity (Wildman–Crippen MR) is 82.9 cm³/mol. The highest BCUT2D eigenvalue weighted by Gasteiger charge is 2.42. The minimum absolute atomic E-state index is 0.0822. The van der Waals surface area contributed by atoms with Crippen LogP contribution in [0.25, 0.3) is 0 Å². The van der Waals surface area contributed by atoms with Crippen molar-refractivity contribution in [2.75, 3.05) is 13.1 Å². The highest BCUT2D eigenvalue weighted by Crippen LogP contribution is 2.26. The first-order chi connectivity index (χ1) is 12.7. The Hall–Kier alpha value is -2.82. The van der Waals surface area contributed by atoms with E-state index in [-0.39, 0.29) is 42.9 Å². The molecule has 0 saturated carbocycles. The van der Waals surface area contributed by atoms with Crippen LogP contribution in [0, 0.1) is 0 Å². The fourth-order valence-corrected chi connectivity index (χ4v) is 2.44. The first-order valence-corrected chi connectivity index (χ1v) is 7.98. The fourth-order valence-electron chi connectivity index (χ4n) is 2.44. The van der Waals surface area contributed by atoms with Gasteiger partial charge in [-0.15, -0.1) is 13.2 Å². The molecule has 2 aromatic heterocycles. The molecule has 0 spiro atoms. The van der Waals surface area contributed by atoms with Crippen LogP contribution in [-0.2, 0) is 6.61 Å². The Balaban J connectivity index is 1.52. The van der Waals surface area contributed by atoms with E-state index >= 15 is 0 Å². The number of nitrogens with zero attached hydrogens (tertiary/aromatic N) is 3. The van der Waals surface area contributed by atoms with Gasteiger partial charge in [-0.1, -0.05) is 6.92 Å². The summed E-state index contributed by atoms with van der Waals surface area (Å²) in [5, 5.41) is 9.95. The number of amides is 1. The van der Waals surface area contributed by atoms with Crippen LogP contribution in [0.2, 0.25) is 0 Å². The summed E-state index contributed by atoms with van der Waals surface area (Å²) in [4.78, 5) is 21.1. The van der Waals surface area contributed by atoms with E-state index in [1.807, 2.05) is 6.92 Å². The van der Waals surface area contributed by atoms with E-state index in [4.69, 9.17) is 9.15 Å². The summed E-state index contributed by atoms with van der Waals surface area (Å²) in [6.07, 6.45) is -2.03. The highest BCUT2D eigenvalue weighted by molar-refractivity contribution is 5.92. The molecule has 3 rings (SSSR count). The number of rotatable bonds is 6. The molecule has 0 bridgehead atoms. The molecule has 0 unspecified atom stereocenters. The van der Waals surface area contributed by atoms with Gasteiger partial charge in [-0.25, -0.2) is 9.97 Å². The molecule has 0 atom stereocenters. The topological polar surface area (TPSA) is 97.9 Å². The van der Waals surface area contributed by atoms with Crippen LogP contribution < -0.4 is 9.47 Å². The minimum Gasteiger partial charge on any atom is -0.482 e. The van der Waals surface area contributed by atoms with Gasteiger partial charge in [-0.3, -0.25) is 4.79 Å². The van der Waals surface area contributed by atoms with Crippen molar-refractivity contribution in [1.82, 2.24) is 14.9 Å². The smallest absolute Gasteiger partial charge is 0.482 e. The van der Waals surface area contributed by atoms with Crippen LogP contribution >= 0.6 is 0 Å².